The summed E-state index contributed by atoms with van der Waals surface area (Å²) in [6, 6.07) is 28.2. The van der Waals surface area contributed by atoms with E-state index in [9.17, 15) is 0 Å². The monoisotopic (exact) mass is 920 g/mol. The number of unbranched alkanes of at least 4 members (excludes halogenated alkanes) is 29. The maximum Gasteiger partial charge on any atom is 0.0814 e. The van der Waals surface area contributed by atoms with Crippen molar-refractivity contribution in [3.63, 3.8) is 0 Å². The highest BCUT2D eigenvalue weighted by molar-refractivity contribution is 7.11. The molecule has 0 atom stereocenters. The Morgan fingerprint density at radius 2 is 0.448 bits per heavy atom. The van der Waals surface area contributed by atoms with Gasteiger partial charge in [-0.3, -0.25) is 0 Å². The highest BCUT2D eigenvalue weighted by Gasteiger charge is 2.30. The Balaban J connectivity index is 0.000000461. The van der Waals surface area contributed by atoms with Crippen LogP contribution in [-0.4, -0.2) is 36.8 Å². The van der Waals surface area contributed by atoms with Gasteiger partial charge >= 0.3 is 0 Å². The van der Waals surface area contributed by atoms with Gasteiger partial charge in [0.25, 0.3) is 0 Å². The van der Waals surface area contributed by atoms with Crippen molar-refractivity contribution in [3.05, 3.63) is 89.5 Å². The smallest absolute Gasteiger partial charge is 0.0814 e. The van der Waals surface area contributed by atoms with Gasteiger partial charge in [-0.25, -0.2) is 0 Å². The summed E-state index contributed by atoms with van der Waals surface area (Å²) >= 11 is 0. The maximum atomic E-state index is 2.39. The number of aryl methyl sites for hydroxylation is 3. The third-order valence-electron chi connectivity index (χ3n) is 15.9. The lowest BCUT2D eigenvalue weighted by molar-refractivity contribution is -0.929. The molecule has 3 aromatic carbocycles. The second-order valence-corrected chi connectivity index (χ2v) is 22.1. The average Bonchev–Trinajstić information content (AvgIpc) is 3.34. The zero-order valence-corrected chi connectivity index (χ0v) is 46.5. The molecule has 0 amide bonds. The van der Waals surface area contributed by atoms with Crippen molar-refractivity contribution in [1.82, 2.24) is 0 Å². The molecular formula is C65H114BN. The van der Waals surface area contributed by atoms with Crippen molar-refractivity contribution < 1.29 is 4.48 Å². The normalized spacial score (nSPS) is 11.8. The molecule has 382 valence electrons. The third kappa shape index (κ3) is 27.0. The van der Waals surface area contributed by atoms with Crippen LogP contribution in [-0.2, 0) is 0 Å². The van der Waals surface area contributed by atoms with Crippen molar-refractivity contribution in [2.75, 3.05) is 26.2 Å². The van der Waals surface area contributed by atoms with Crippen LogP contribution < -0.4 is 16.4 Å². The number of hydrogen-bond acceptors (Lipinski definition) is 0. The summed E-state index contributed by atoms with van der Waals surface area (Å²) in [5, 5.41) is 0. The minimum Gasteiger partial charge on any atom is -0.324 e. The van der Waals surface area contributed by atoms with Crippen molar-refractivity contribution in [2.45, 2.75) is 280 Å². The van der Waals surface area contributed by atoms with Crippen LogP contribution in [0.15, 0.2) is 72.8 Å². The van der Waals surface area contributed by atoms with Crippen molar-refractivity contribution in [1.29, 1.82) is 0 Å². The summed E-state index contributed by atoms with van der Waals surface area (Å²) < 4.78 is 1.48. The molecule has 0 saturated heterocycles. The van der Waals surface area contributed by atoms with Gasteiger partial charge in [-0.05, 0) is 72.1 Å². The van der Waals surface area contributed by atoms with Gasteiger partial charge < -0.3 is 4.48 Å². The molecule has 0 aliphatic heterocycles. The average molecular weight is 920 g/mol. The van der Waals surface area contributed by atoms with Crippen LogP contribution in [0.5, 0.6) is 0 Å². The fourth-order valence-electron chi connectivity index (χ4n) is 11.3. The quantitative estimate of drug-likeness (QED) is 0.0302. The van der Waals surface area contributed by atoms with E-state index in [2.05, 4.69) is 128 Å². The van der Waals surface area contributed by atoms with E-state index in [1.54, 1.807) is 0 Å². The molecule has 0 radical (unpaired) electrons. The van der Waals surface area contributed by atoms with Crippen molar-refractivity contribution in [2.24, 2.45) is 0 Å². The molecule has 3 aromatic rings. The van der Waals surface area contributed by atoms with Crippen LogP contribution in [0.4, 0.5) is 0 Å². The van der Waals surface area contributed by atoms with Gasteiger partial charge in [-0.1, -0.05) is 291 Å². The number of rotatable bonds is 42. The van der Waals surface area contributed by atoms with E-state index in [4.69, 9.17) is 0 Å². The molecule has 3 rings (SSSR count). The molecule has 0 heterocycles. The van der Waals surface area contributed by atoms with E-state index in [0.717, 1.165) is 0 Å². The Labute approximate surface area is 420 Å². The number of benzene rings is 3. The number of quaternary nitrogens is 1. The van der Waals surface area contributed by atoms with E-state index in [1.807, 2.05) is 0 Å². The van der Waals surface area contributed by atoms with Gasteiger partial charge in [0.05, 0.1) is 32.3 Å². The lowest BCUT2D eigenvalue weighted by Crippen LogP contribution is -2.67. The van der Waals surface area contributed by atoms with E-state index in [1.165, 1.54) is 288 Å². The predicted molar refractivity (Wildman–Crippen MR) is 308 cm³/mol. The summed E-state index contributed by atoms with van der Waals surface area (Å²) in [4.78, 5) is 0. The first-order valence-electron chi connectivity index (χ1n) is 30.0. The van der Waals surface area contributed by atoms with E-state index in [0.29, 0.717) is 0 Å². The Bertz CT molecular complexity index is 1330. The van der Waals surface area contributed by atoms with Crippen molar-refractivity contribution >= 4 is 22.5 Å². The lowest BCUT2D eigenvalue weighted by atomic mass is 9.14. The Hall–Kier alpha value is -2.32. The molecule has 0 aliphatic carbocycles. The van der Waals surface area contributed by atoms with Gasteiger partial charge in [0.1, 0.15) is 0 Å². The second kappa shape index (κ2) is 40.4. The molecule has 0 fully saturated rings. The van der Waals surface area contributed by atoms with E-state index < -0.39 is 6.15 Å². The topological polar surface area (TPSA) is 0 Å². The molecule has 0 aromatic heterocycles. The zero-order valence-electron chi connectivity index (χ0n) is 46.5. The summed E-state index contributed by atoms with van der Waals surface area (Å²) in [7, 11) is 0. The summed E-state index contributed by atoms with van der Waals surface area (Å²) in [6.07, 6.45) is 48.8. The van der Waals surface area contributed by atoms with Crippen LogP contribution in [0.1, 0.15) is 270 Å². The molecule has 0 aliphatic rings. The van der Waals surface area contributed by atoms with Crippen LogP contribution >= 0.6 is 0 Å². The van der Waals surface area contributed by atoms with Crippen LogP contribution in [0.25, 0.3) is 0 Å². The van der Waals surface area contributed by atoms with Crippen molar-refractivity contribution in [3.8, 4) is 0 Å². The Morgan fingerprint density at radius 1 is 0.254 bits per heavy atom. The first-order valence-corrected chi connectivity index (χ1v) is 30.0. The third-order valence-corrected chi connectivity index (χ3v) is 15.9. The molecule has 1 nitrogen and oxygen atoms in total. The van der Waals surface area contributed by atoms with Gasteiger partial charge in [0.15, 0.2) is 0 Å². The van der Waals surface area contributed by atoms with Gasteiger partial charge in [0, 0.05) is 0 Å². The lowest BCUT2D eigenvalue weighted by Gasteiger charge is -2.43. The minimum atomic E-state index is -0.993. The largest absolute Gasteiger partial charge is 0.324 e. The van der Waals surface area contributed by atoms with E-state index in [-0.39, 0.29) is 0 Å². The molecule has 0 bridgehead atoms. The maximum absolute atomic E-state index is 2.39. The molecule has 0 unspecified atom stereocenters. The minimum absolute atomic E-state index is 0.993. The molecule has 2 heteroatoms. The van der Waals surface area contributed by atoms with Crippen LogP contribution in [0, 0.1) is 20.8 Å². The molecule has 0 saturated carbocycles. The highest BCUT2D eigenvalue weighted by Crippen LogP contribution is 2.23. The van der Waals surface area contributed by atoms with Crippen LogP contribution in [0.3, 0.4) is 0 Å². The van der Waals surface area contributed by atoms with Gasteiger partial charge in [0.2, 0.25) is 0 Å². The SMILES string of the molecule is CCCCCCCCCCCC[B-](c1ccc(C)cc1)(c1ccc(C)cc1)c1ccc(C)cc1.CCCCCCCC[N+](CCCCCCCC)(CCCCCCCC)CCCCCCCC. The molecule has 0 spiro atoms. The van der Waals surface area contributed by atoms with Gasteiger partial charge in [-0.2, -0.15) is 22.7 Å². The summed E-state index contributed by atoms with van der Waals surface area (Å²) in [5.41, 5.74) is 8.44. The number of hydrogen-bond donors (Lipinski definition) is 0. The van der Waals surface area contributed by atoms with Crippen LogP contribution in [0.2, 0.25) is 6.32 Å². The Kier molecular flexibility index (Phi) is 36.7. The number of nitrogens with zero attached hydrogens (tertiary/aromatic N) is 1. The standard InChI is InChI=1S/C33H46B.C32H68N/c1-5-6-7-8-9-10-11-12-13-14-27-34(31-21-15-28(2)16-22-31,32-23-17-29(3)18-24-32)33-25-19-30(4)20-26-33;1-5-9-13-17-21-25-29-33(30-26-22-18-14-10-6-2,31-27-23-19-15-11-7-3)32-28-24-20-16-12-8-4/h15-26H,5-14,27H2,1-4H3;5-32H2,1-4H3/q-1;+1. The summed E-state index contributed by atoms with van der Waals surface area (Å²) in [6.45, 7) is 24.1. The molecular weight excluding hydrogens is 806 g/mol. The Morgan fingerprint density at radius 3 is 0.672 bits per heavy atom. The second-order valence-electron chi connectivity index (χ2n) is 22.1. The zero-order chi connectivity index (χ0) is 48.5. The van der Waals surface area contributed by atoms with E-state index >= 15 is 0 Å². The fourth-order valence-corrected chi connectivity index (χ4v) is 11.3. The summed E-state index contributed by atoms with van der Waals surface area (Å²) in [5.74, 6) is 0. The highest BCUT2D eigenvalue weighted by atomic mass is 15.3. The first kappa shape index (κ1) is 60.8. The fraction of sp³-hybridized carbons (Fsp3) is 0.723. The molecule has 67 heavy (non-hydrogen) atoms. The van der Waals surface area contributed by atoms with Gasteiger partial charge in [-0.15, -0.1) is 0 Å². The predicted octanol–water partition coefficient (Wildman–Crippen LogP) is 19.2. The first-order chi connectivity index (χ1) is 32.8. The molecule has 0 N–H and O–H groups in total.